The molecule has 0 aromatic carbocycles. The van der Waals surface area contributed by atoms with Crippen LogP contribution >= 0.6 is 0 Å². The molecule has 6 heteroatoms. The molecule has 1 aromatic heterocycles. The number of rotatable bonds is 1. The number of ether oxygens (including phenoxy) is 1. The number of hydrogen-bond donors (Lipinski definition) is 2. The number of pyridine rings is 1. The summed E-state index contributed by atoms with van der Waals surface area (Å²) in [5.74, 6) is -0.224. The van der Waals surface area contributed by atoms with Crippen molar-refractivity contribution in [2.45, 2.75) is 32.9 Å². The fourth-order valence-electron chi connectivity index (χ4n) is 1.65. The maximum atomic E-state index is 11.7. The highest BCUT2D eigenvalue weighted by Gasteiger charge is 2.24. The third kappa shape index (κ3) is 2.58. The summed E-state index contributed by atoms with van der Waals surface area (Å²) in [4.78, 5) is 27.0. The van der Waals surface area contributed by atoms with Crippen molar-refractivity contribution in [2.75, 3.05) is 5.32 Å². The lowest BCUT2D eigenvalue weighted by molar-refractivity contribution is 0.0635. The zero-order valence-electron chi connectivity index (χ0n) is 10.5. The van der Waals surface area contributed by atoms with E-state index >= 15 is 0 Å². The van der Waals surface area contributed by atoms with E-state index in [0.717, 1.165) is 0 Å². The largest absolute Gasteiger partial charge is 0.444 e. The quantitative estimate of drug-likeness (QED) is 0.793. The Morgan fingerprint density at radius 2 is 2.22 bits per heavy atom. The van der Waals surface area contributed by atoms with E-state index in [2.05, 4.69) is 15.6 Å². The topological polar surface area (TPSA) is 80.3 Å². The molecule has 0 atom stereocenters. The van der Waals surface area contributed by atoms with Crippen LogP contribution in [-0.2, 0) is 11.3 Å². The second kappa shape index (κ2) is 4.29. The van der Waals surface area contributed by atoms with Gasteiger partial charge in [-0.15, -0.1) is 0 Å². The van der Waals surface area contributed by atoms with Crippen LogP contribution in [0.2, 0.25) is 0 Å². The number of hydrogen-bond acceptors (Lipinski definition) is 4. The van der Waals surface area contributed by atoms with E-state index in [9.17, 15) is 9.59 Å². The van der Waals surface area contributed by atoms with Crippen molar-refractivity contribution in [3.8, 4) is 0 Å². The van der Waals surface area contributed by atoms with E-state index in [0.29, 0.717) is 23.5 Å². The van der Waals surface area contributed by atoms with E-state index in [-0.39, 0.29) is 5.91 Å². The maximum Gasteiger partial charge on any atom is 0.412 e. The Morgan fingerprint density at radius 3 is 2.89 bits per heavy atom. The summed E-state index contributed by atoms with van der Waals surface area (Å²) in [5, 5.41) is 5.28. The van der Waals surface area contributed by atoms with Crippen LogP contribution in [0.25, 0.3) is 0 Å². The zero-order valence-corrected chi connectivity index (χ0v) is 10.5. The molecule has 2 N–H and O–H groups in total. The van der Waals surface area contributed by atoms with E-state index in [1.54, 1.807) is 26.8 Å². The second-order valence-corrected chi connectivity index (χ2v) is 5.00. The van der Waals surface area contributed by atoms with Gasteiger partial charge in [0.2, 0.25) is 0 Å². The minimum atomic E-state index is -0.561. The molecular weight excluding hydrogens is 234 g/mol. The SMILES string of the molecule is CC(C)(C)OC(=O)Nc1ccnc2c1CNC2=O. The average molecular weight is 249 g/mol. The fourth-order valence-corrected chi connectivity index (χ4v) is 1.65. The van der Waals surface area contributed by atoms with Gasteiger partial charge in [-0.25, -0.2) is 4.79 Å². The van der Waals surface area contributed by atoms with E-state index in [1.807, 2.05) is 0 Å². The number of carbonyl (C=O) groups excluding carboxylic acids is 2. The van der Waals surface area contributed by atoms with Gasteiger partial charge in [0.05, 0.1) is 5.69 Å². The predicted octanol–water partition coefficient (Wildman–Crippen LogP) is 1.67. The van der Waals surface area contributed by atoms with Gasteiger partial charge in [-0.2, -0.15) is 0 Å². The van der Waals surface area contributed by atoms with Crippen LogP contribution in [0, 0.1) is 0 Å². The monoisotopic (exact) mass is 249 g/mol. The highest BCUT2D eigenvalue weighted by atomic mass is 16.6. The molecule has 1 aliphatic heterocycles. The average Bonchev–Trinajstić information content (AvgIpc) is 2.59. The molecule has 0 radical (unpaired) electrons. The van der Waals surface area contributed by atoms with Crippen molar-refractivity contribution in [1.29, 1.82) is 0 Å². The Labute approximate surface area is 105 Å². The minimum absolute atomic E-state index is 0.224. The minimum Gasteiger partial charge on any atom is -0.444 e. The Hall–Kier alpha value is -2.11. The highest BCUT2D eigenvalue weighted by Crippen LogP contribution is 2.22. The predicted molar refractivity (Wildman–Crippen MR) is 65.3 cm³/mol. The molecule has 0 fully saturated rings. The van der Waals surface area contributed by atoms with E-state index < -0.39 is 11.7 Å². The summed E-state index contributed by atoms with van der Waals surface area (Å²) >= 11 is 0. The van der Waals surface area contributed by atoms with Crippen LogP contribution in [0.15, 0.2) is 12.3 Å². The zero-order chi connectivity index (χ0) is 13.3. The van der Waals surface area contributed by atoms with Gasteiger partial charge in [0.25, 0.3) is 5.91 Å². The van der Waals surface area contributed by atoms with Crippen LogP contribution in [0.5, 0.6) is 0 Å². The van der Waals surface area contributed by atoms with Gasteiger partial charge in [0, 0.05) is 18.3 Å². The van der Waals surface area contributed by atoms with Crippen molar-refractivity contribution in [3.05, 3.63) is 23.5 Å². The fraction of sp³-hybridized carbons (Fsp3) is 0.417. The van der Waals surface area contributed by atoms with Crippen molar-refractivity contribution >= 4 is 17.7 Å². The first-order valence-electron chi connectivity index (χ1n) is 5.63. The molecule has 1 aromatic rings. The lowest BCUT2D eigenvalue weighted by Gasteiger charge is -2.20. The summed E-state index contributed by atoms with van der Waals surface area (Å²) in [6.07, 6.45) is 0.937. The summed E-state index contributed by atoms with van der Waals surface area (Å²) in [7, 11) is 0. The van der Waals surface area contributed by atoms with Gasteiger partial charge in [-0.3, -0.25) is 15.1 Å². The smallest absolute Gasteiger partial charge is 0.412 e. The van der Waals surface area contributed by atoms with E-state index in [1.165, 1.54) is 6.20 Å². The number of anilines is 1. The molecule has 96 valence electrons. The van der Waals surface area contributed by atoms with Gasteiger partial charge < -0.3 is 10.1 Å². The first kappa shape index (κ1) is 12.3. The van der Waals surface area contributed by atoms with Crippen molar-refractivity contribution in [3.63, 3.8) is 0 Å². The number of carbonyl (C=O) groups is 2. The third-order valence-electron chi connectivity index (χ3n) is 2.33. The number of nitrogens with one attached hydrogen (secondary N) is 2. The molecule has 18 heavy (non-hydrogen) atoms. The Bertz CT molecular complexity index is 506. The second-order valence-electron chi connectivity index (χ2n) is 5.00. The van der Waals surface area contributed by atoms with Crippen LogP contribution in [0.3, 0.4) is 0 Å². The lowest BCUT2D eigenvalue weighted by Crippen LogP contribution is -2.27. The molecule has 0 saturated heterocycles. The van der Waals surface area contributed by atoms with Crippen LogP contribution in [0.4, 0.5) is 10.5 Å². The summed E-state index contributed by atoms with van der Waals surface area (Å²) in [5.41, 5.74) is 1.03. The molecule has 2 amide bonds. The molecule has 0 spiro atoms. The van der Waals surface area contributed by atoms with Crippen LogP contribution in [-0.4, -0.2) is 22.6 Å². The summed E-state index contributed by atoms with van der Waals surface area (Å²) in [6.45, 7) is 5.73. The normalized spacial score (nSPS) is 13.8. The molecular formula is C12H15N3O3. The van der Waals surface area contributed by atoms with Gasteiger partial charge in [0.1, 0.15) is 11.3 Å². The van der Waals surface area contributed by atoms with Crippen LogP contribution in [0.1, 0.15) is 36.8 Å². The molecule has 0 unspecified atom stereocenters. The highest BCUT2D eigenvalue weighted by molar-refractivity contribution is 5.99. The first-order chi connectivity index (χ1) is 8.37. The molecule has 0 saturated carbocycles. The van der Waals surface area contributed by atoms with Gasteiger partial charge in [-0.1, -0.05) is 0 Å². The summed E-state index contributed by atoms with van der Waals surface area (Å²) < 4.78 is 5.15. The van der Waals surface area contributed by atoms with Crippen molar-refractivity contribution in [1.82, 2.24) is 10.3 Å². The molecule has 2 heterocycles. The van der Waals surface area contributed by atoms with E-state index in [4.69, 9.17) is 4.74 Å². The van der Waals surface area contributed by atoms with Gasteiger partial charge in [-0.05, 0) is 26.8 Å². The van der Waals surface area contributed by atoms with Gasteiger partial charge in [0.15, 0.2) is 0 Å². The summed E-state index contributed by atoms with van der Waals surface area (Å²) in [6, 6.07) is 1.64. The molecule has 0 bridgehead atoms. The Morgan fingerprint density at radius 1 is 1.50 bits per heavy atom. The van der Waals surface area contributed by atoms with Crippen LogP contribution < -0.4 is 10.6 Å². The molecule has 6 nitrogen and oxygen atoms in total. The van der Waals surface area contributed by atoms with Crippen molar-refractivity contribution in [2.24, 2.45) is 0 Å². The number of aromatic nitrogens is 1. The first-order valence-corrected chi connectivity index (χ1v) is 5.63. The number of fused-ring (bicyclic) bond motifs is 1. The molecule has 2 rings (SSSR count). The molecule has 0 aliphatic carbocycles. The Kier molecular flexibility index (Phi) is 2.94. The van der Waals surface area contributed by atoms with Crippen molar-refractivity contribution < 1.29 is 14.3 Å². The Balaban J connectivity index is 2.16. The number of nitrogens with zero attached hydrogens (tertiary/aromatic N) is 1. The number of amides is 2. The third-order valence-corrected chi connectivity index (χ3v) is 2.33. The lowest BCUT2D eigenvalue weighted by atomic mass is 10.2. The standard InChI is InChI=1S/C12H15N3O3/c1-12(2,3)18-11(17)15-8-4-5-13-9-7(8)6-14-10(9)16/h4-5H,6H2,1-3H3,(H,14,16)(H,13,15,17). The maximum absolute atomic E-state index is 11.7. The molecule has 1 aliphatic rings. The van der Waals surface area contributed by atoms with Gasteiger partial charge >= 0.3 is 6.09 Å².